The largest absolute Gasteiger partial charge is 0.507 e. The number of nitrogens with one attached hydrogen (secondary N) is 1. The third-order valence-corrected chi connectivity index (χ3v) is 3.70. The van der Waals surface area contributed by atoms with E-state index in [0.29, 0.717) is 33.4 Å². The van der Waals surface area contributed by atoms with Crippen LogP contribution in [0.2, 0.25) is 5.02 Å². The molecule has 2 aromatic rings. The van der Waals surface area contributed by atoms with E-state index < -0.39 is 5.91 Å². The second kappa shape index (κ2) is 8.58. The number of hydrogen-bond donors (Lipinski definition) is 2. The van der Waals surface area contributed by atoms with E-state index in [1.165, 1.54) is 13.2 Å². The molecule has 0 saturated carbocycles. The van der Waals surface area contributed by atoms with Crippen LogP contribution in [0.4, 0.5) is 0 Å². The smallest absolute Gasteiger partial charge is 0.271 e. The molecule has 2 aromatic carbocycles. The summed E-state index contributed by atoms with van der Waals surface area (Å²) in [7, 11) is 1.51. The van der Waals surface area contributed by atoms with Crippen molar-refractivity contribution in [2.24, 2.45) is 5.10 Å². The Balaban J connectivity index is 2.18. The van der Waals surface area contributed by atoms with Gasteiger partial charge in [0.05, 0.1) is 18.9 Å². The Kier molecular flexibility index (Phi) is 6.46. The summed E-state index contributed by atoms with van der Waals surface area (Å²) in [6, 6.07) is 9.48. The maximum Gasteiger partial charge on any atom is 0.271 e. The lowest BCUT2D eigenvalue weighted by Gasteiger charge is -2.14. The number of ether oxygens (including phenoxy) is 2. The summed E-state index contributed by atoms with van der Waals surface area (Å²) in [6.07, 6.45) is -0.0128. The van der Waals surface area contributed by atoms with Gasteiger partial charge in [0.25, 0.3) is 5.91 Å². The molecule has 0 aliphatic rings. The Morgan fingerprint density at radius 2 is 1.92 bits per heavy atom. The number of hydrogen-bond acceptors (Lipinski definition) is 5. The first kappa shape index (κ1) is 19.6. The van der Waals surface area contributed by atoms with Crippen LogP contribution in [0.1, 0.15) is 36.7 Å². The maximum atomic E-state index is 12.3. The van der Waals surface area contributed by atoms with E-state index >= 15 is 0 Å². The van der Waals surface area contributed by atoms with Crippen molar-refractivity contribution in [3.63, 3.8) is 0 Å². The molecule has 2 N–H and O–H groups in total. The molecule has 26 heavy (non-hydrogen) atoms. The van der Waals surface area contributed by atoms with Crippen molar-refractivity contribution in [2.75, 3.05) is 7.11 Å². The number of rotatable bonds is 6. The lowest BCUT2D eigenvalue weighted by molar-refractivity contribution is 0.0954. The first-order valence-electron chi connectivity index (χ1n) is 8.00. The molecular formula is C19H21ClN2O4. The molecule has 6 nitrogen and oxygen atoms in total. The van der Waals surface area contributed by atoms with Crippen molar-refractivity contribution in [1.29, 1.82) is 0 Å². The van der Waals surface area contributed by atoms with Crippen LogP contribution in [0.5, 0.6) is 17.2 Å². The molecule has 0 radical (unpaired) electrons. The molecule has 0 aliphatic carbocycles. The molecule has 0 heterocycles. The summed E-state index contributed by atoms with van der Waals surface area (Å²) in [5.41, 5.74) is 3.68. The minimum Gasteiger partial charge on any atom is -0.507 e. The molecule has 2 rings (SSSR count). The van der Waals surface area contributed by atoms with E-state index in [9.17, 15) is 9.90 Å². The lowest BCUT2D eigenvalue weighted by Crippen LogP contribution is -2.19. The maximum absolute atomic E-state index is 12.3. The van der Waals surface area contributed by atoms with Gasteiger partial charge < -0.3 is 14.6 Å². The Hall–Kier alpha value is -2.73. The van der Waals surface area contributed by atoms with Crippen LogP contribution in [0.25, 0.3) is 0 Å². The number of hydrazone groups is 1. The second-order valence-electron chi connectivity index (χ2n) is 5.83. The molecule has 0 aromatic heterocycles. The number of nitrogens with zero attached hydrogens (tertiary/aromatic N) is 1. The molecule has 138 valence electrons. The number of aromatic hydroxyl groups is 1. The number of phenolic OH excluding ortho intramolecular Hbond substituents is 1. The van der Waals surface area contributed by atoms with Crippen molar-refractivity contribution in [2.45, 2.75) is 26.9 Å². The number of phenols is 1. The zero-order chi connectivity index (χ0) is 19.3. The van der Waals surface area contributed by atoms with Crippen molar-refractivity contribution in [1.82, 2.24) is 5.43 Å². The Morgan fingerprint density at radius 1 is 1.19 bits per heavy atom. The third-order valence-electron chi connectivity index (χ3n) is 3.46. The highest BCUT2D eigenvalue weighted by atomic mass is 35.5. The summed E-state index contributed by atoms with van der Waals surface area (Å²) in [6.45, 7) is 5.47. The summed E-state index contributed by atoms with van der Waals surface area (Å²) in [5.74, 6) is 0.629. The van der Waals surface area contributed by atoms with Crippen LogP contribution in [0.3, 0.4) is 0 Å². The Labute approximate surface area is 157 Å². The zero-order valence-corrected chi connectivity index (χ0v) is 15.8. The van der Waals surface area contributed by atoms with Crippen LogP contribution >= 0.6 is 11.6 Å². The first-order chi connectivity index (χ1) is 12.3. The van der Waals surface area contributed by atoms with Crippen molar-refractivity contribution in [3.05, 3.63) is 52.5 Å². The van der Waals surface area contributed by atoms with E-state index in [4.69, 9.17) is 21.1 Å². The van der Waals surface area contributed by atoms with Crippen LogP contribution in [0, 0.1) is 0 Å². The van der Waals surface area contributed by atoms with Gasteiger partial charge in [-0.2, -0.15) is 5.10 Å². The predicted molar refractivity (Wildman–Crippen MR) is 102 cm³/mol. The fraction of sp³-hybridized carbons (Fsp3) is 0.263. The van der Waals surface area contributed by atoms with Gasteiger partial charge in [0, 0.05) is 16.1 Å². The van der Waals surface area contributed by atoms with Crippen LogP contribution < -0.4 is 14.9 Å². The number of amides is 1. The minimum atomic E-state index is -0.416. The number of carbonyl (C=O) groups is 1. The van der Waals surface area contributed by atoms with Crippen LogP contribution in [0.15, 0.2) is 41.5 Å². The second-order valence-corrected chi connectivity index (χ2v) is 6.27. The molecule has 7 heteroatoms. The van der Waals surface area contributed by atoms with Gasteiger partial charge in [-0.25, -0.2) is 5.43 Å². The number of benzene rings is 2. The predicted octanol–water partition coefficient (Wildman–Crippen LogP) is 4.00. The normalized spacial score (nSPS) is 11.4. The average molecular weight is 377 g/mol. The molecule has 0 unspecified atom stereocenters. The summed E-state index contributed by atoms with van der Waals surface area (Å²) < 4.78 is 10.9. The highest BCUT2D eigenvalue weighted by molar-refractivity contribution is 6.31. The number of methoxy groups -OCH3 is 1. The zero-order valence-electron chi connectivity index (χ0n) is 15.0. The third kappa shape index (κ3) is 4.89. The van der Waals surface area contributed by atoms with Gasteiger partial charge >= 0.3 is 0 Å². The van der Waals surface area contributed by atoms with Crippen molar-refractivity contribution >= 4 is 23.2 Å². The lowest BCUT2D eigenvalue weighted by atomic mass is 10.1. The van der Waals surface area contributed by atoms with E-state index in [-0.39, 0.29) is 11.9 Å². The van der Waals surface area contributed by atoms with E-state index in [0.717, 1.165) is 0 Å². The number of carbonyl (C=O) groups excluding carboxylic acids is 1. The standard InChI is InChI=1S/C19H21ClN2O4/c1-11(2)26-17-8-5-13(9-18(17)25-4)19(24)22-21-12(3)15-10-14(20)6-7-16(15)23/h5-11,23H,1-4H3,(H,22,24)/b21-12+. The first-order valence-corrected chi connectivity index (χ1v) is 8.37. The molecule has 0 saturated heterocycles. The van der Waals surface area contributed by atoms with E-state index in [1.807, 2.05) is 13.8 Å². The fourth-order valence-corrected chi connectivity index (χ4v) is 2.39. The van der Waals surface area contributed by atoms with Gasteiger partial charge in [0.2, 0.25) is 0 Å². The van der Waals surface area contributed by atoms with Gasteiger partial charge in [0.15, 0.2) is 11.5 Å². The van der Waals surface area contributed by atoms with Gasteiger partial charge in [0.1, 0.15) is 5.75 Å². The Bertz CT molecular complexity index is 834. The fourth-order valence-electron chi connectivity index (χ4n) is 2.22. The average Bonchev–Trinajstić information content (AvgIpc) is 2.61. The SMILES string of the molecule is COc1cc(C(=O)N/N=C(\C)c2cc(Cl)ccc2O)ccc1OC(C)C. The van der Waals surface area contributed by atoms with Crippen LogP contribution in [-0.2, 0) is 0 Å². The monoisotopic (exact) mass is 376 g/mol. The molecular weight excluding hydrogens is 356 g/mol. The number of halogens is 1. The van der Waals surface area contributed by atoms with Crippen molar-refractivity contribution < 1.29 is 19.4 Å². The molecule has 0 spiro atoms. The van der Waals surface area contributed by atoms with Gasteiger partial charge in [-0.05, 0) is 57.2 Å². The van der Waals surface area contributed by atoms with Crippen molar-refractivity contribution in [3.8, 4) is 17.2 Å². The summed E-state index contributed by atoms with van der Waals surface area (Å²) in [4.78, 5) is 12.3. The molecule has 0 fully saturated rings. The van der Waals surface area contributed by atoms with Crippen LogP contribution in [-0.4, -0.2) is 29.9 Å². The molecule has 1 amide bonds. The van der Waals surface area contributed by atoms with Gasteiger partial charge in [-0.15, -0.1) is 0 Å². The quantitative estimate of drug-likeness (QED) is 0.590. The highest BCUT2D eigenvalue weighted by Crippen LogP contribution is 2.29. The summed E-state index contributed by atoms with van der Waals surface area (Å²) >= 11 is 5.92. The van der Waals surface area contributed by atoms with E-state index in [2.05, 4.69) is 10.5 Å². The topological polar surface area (TPSA) is 80.2 Å². The van der Waals surface area contributed by atoms with Gasteiger partial charge in [-0.1, -0.05) is 11.6 Å². The minimum absolute atomic E-state index is 0.0128. The summed E-state index contributed by atoms with van der Waals surface area (Å²) in [5, 5.41) is 14.4. The molecule has 0 atom stereocenters. The molecule has 0 aliphatic heterocycles. The molecule has 0 bridgehead atoms. The Morgan fingerprint density at radius 3 is 2.58 bits per heavy atom. The highest BCUT2D eigenvalue weighted by Gasteiger charge is 2.12. The van der Waals surface area contributed by atoms with E-state index in [1.54, 1.807) is 37.3 Å². The van der Waals surface area contributed by atoms with Gasteiger partial charge in [-0.3, -0.25) is 4.79 Å².